The number of hydrogen-bond donors (Lipinski definition) is 2. The molecule has 0 fully saturated rings. The lowest BCUT2D eigenvalue weighted by molar-refractivity contribution is -0.384. The molecule has 0 bridgehead atoms. The number of aliphatic carboxylic acids is 1. The van der Waals surface area contributed by atoms with Crippen LogP contribution in [0.5, 0.6) is 0 Å². The first-order valence-corrected chi connectivity index (χ1v) is 6.14. The van der Waals surface area contributed by atoms with Gasteiger partial charge in [-0.25, -0.2) is 0 Å². The fourth-order valence-electron chi connectivity index (χ4n) is 1.87. The number of hydrogen-bond acceptors (Lipinski definition) is 5. The van der Waals surface area contributed by atoms with Crippen LogP contribution in [0.25, 0.3) is 0 Å². The van der Waals surface area contributed by atoms with E-state index in [1.807, 2.05) is 13.0 Å². The van der Waals surface area contributed by atoms with Crippen LogP contribution in [0.1, 0.15) is 31.7 Å². The summed E-state index contributed by atoms with van der Waals surface area (Å²) < 4.78 is 0. The first-order chi connectivity index (χ1) is 9.47. The molecule has 0 saturated carbocycles. The van der Waals surface area contributed by atoms with Crippen molar-refractivity contribution in [2.75, 3.05) is 5.32 Å². The highest BCUT2D eigenvalue weighted by Gasteiger charge is 2.16. The van der Waals surface area contributed by atoms with E-state index in [4.69, 9.17) is 10.4 Å². The third-order valence-electron chi connectivity index (χ3n) is 2.75. The number of carboxylic acids is 1. The van der Waals surface area contributed by atoms with E-state index in [2.05, 4.69) is 5.32 Å². The Hall–Kier alpha value is -2.62. The summed E-state index contributed by atoms with van der Waals surface area (Å²) in [7, 11) is 0. The molecule has 1 unspecified atom stereocenters. The van der Waals surface area contributed by atoms with Crippen molar-refractivity contribution in [1.82, 2.24) is 0 Å². The van der Waals surface area contributed by atoms with Crippen LogP contribution in [0.2, 0.25) is 0 Å². The number of anilines is 1. The van der Waals surface area contributed by atoms with Gasteiger partial charge >= 0.3 is 5.97 Å². The molecule has 2 N–H and O–H groups in total. The van der Waals surface area contributed by atoms with E-state index in [1.54, 1.807) is 0 Å². The van der Waals surface area contributed by atoms with Gasteiger partial charge in [0.1, 0.15) is 6.07 Å². The van der Waals surface area contributed by atoms with Crippen LogP contribution in [0.3, 0.4) is 0 Å². The fourth-order valence-corrected chi connectivity index (χ4v) is 1.87. The lowest BCUT2D eigenvalue weighted by atomic mass is 10.1. The number of nitrogens with zero attached hydrogens (tertiary/aromatic N) is 2. The van der Waals surface area contributed by atoms with Crippen LogP contribution in [0.4, 0.5) is 11.4 Å². The second kappa shape index (κ2) is 7.09. The van der Waals surface area contributed by atoms with Crippen LogP contribution in [-0.4, -0.2) is 22.0 Å². The highest BCUT2D eigenvalue weighted by Crippen LogP contribution is 2.23. The third kappa shape index (κ3) is 4.24. The van der Waals surface area contributed by atoms with Gasteiger partial charge in [0.2, 0.25) is 0 Å². The van der Waals surface area contributed by atoms with Crippen LogP contribution in [0.15, 0.2) is 18.2 Å². The molecular weight excluding hydrogens is 262 g/mol. The smallest absolute Gasteiger partial charge is 0.305 e. The van der Waals surface area contributed by atoms with Crippen molar-refractivity contribution >= 4 is 17.3 Å². The Morgan fingerprint density at radius 1 is 1.60 bits per heavy atom. The zero-order valence-electron chi connectivity index (χ0n) is 11.0. The molecule has 0 amide bonds. The lowest BCUT2D eigenvalue weighted by Crippen LogP contribution is -2.23. The van der Waals surface area contributed by atoms with E-state index in [-0.39, 0.29) is 23.7 Å². The van der Waals surface area contributed by atoms with E-state index >= 15 is 0 Å². The van der Waals surface area contributed by atoms with Gasteiger partial charge in [-0.2, -0.15) is 5.26 Å². The topological polar surface area (TPSA) is 116 Å². The van der Waals surface area contributed by atoms with E-state index < -0.39 is 10.9 Å². The quantitative estimate of drug-likeness (QED) is 0.584. The van der Waals surface area contributed by atoms with Gasteiger partial charge < -0.3 is 10.4 Å². The second-order valence-electron chi connectivity index (χ2n) is 4.33. The van der Waals surface area contributed by atoms with E-state index in [9.17, 15) is 14.9 Å². The van der Waals surface area contributed by atoms with Crippen molar-refractivity contribution in [2.45, 2.75) is 32.2 Å². The van der Waals surface area contributed by atoms with E-state index in [0.717, 1.165) is 6.42 Å². The van der Waals surface area contributed by atoms with Gasteiger partial charge in [0.25, 0.3) is 5.69 Å². The van der Waals surface area contributed by atoms with Crippen molar-refractivity contribution in [2.24, 2.45) is 0 Å². The Morgan fingerprint density at radius 2 is 2.30 bits per heavy atom. The number of carbonyl (C=O) groups is 1. The van der Waals surface area contributed by atoms with Gasteiger partial charge in [-0.15, -0.1) is 0 Å². The zero-order chi connectivity index (χ0) is 15.1. The molecule has 0 radical (unpaired) electrons. The Bertz CT molecular complexity index is 551. The van der Waals surface area contributed by atoms with Crippen molar-refractivity contribution in [3.05, 3.63) is 33.9 Å². The standard InChI is InChI=1S/C13H15N3O4/c1-2-3-10(7-13(17)18)15-12-5-4-11(16(19)20)6-9(12)8-14/h4-6,10,15H,2-3,7H2,1H3,(H,17,18). The van der Waals surface area contributed by atoms with Gasteiger partial charge in [-0.3, -0.25) is 14.9 Å². The summed E-state index contributed by atoms with van der Waals surface area (Å²) in [6, 6.07) is 5.45. The Labute approximate surface area is 116 Å². The van der Waals surface area contributed by atoms with E-state index in [1.165, 1.54) is 18.2 Å². The monoisotopic (exact) mass is 277 g/mol. The second-order valence-corrected chi connectivity index (χ2v) is 4.33. The molecule has 0 aliphatic heterocycles. The van der Waals surface area contributed by atoms with Crippen molar-refractivity contribution in [3.8, 4) is 6.07 Å². The largest absolute Gasteiger partial charge is 0.481 e. The first kappa shape index (κ1) is 15.4. The normalized spacial score (nSPS) is 11.4. The molecule has 0 aromatic heterocycles. The van der Waals surface area contributed by atoms with Crippen LogP contribution in [0, 0.1) is 21.4 Å². The molecule has 0 aliphatic rings. The minimum Gasteiger partial charge on any atom is -0.481 e. The van der Waals surface area contributed by atoms with Crippen molar-refractivity contribution in [1.29, 1.82) is 5.26 Å². The molecule has 0 aliphatic carbocycles. The van der Waals surface area contributed by atoms with Gasteiger partial charge in [0.05, 0.1) is 22.6 Å². The van der Waals surface area contributed by atoms with Gasteiger partial charge in [-0.05, 0) is 12.5 Å². The summed E-state index contributed by atoms with van der Waals surface area (Å²) >= 11 is 0. The molecule has 7 heteroatoms. The third-order valence-corrected chi connectivity index (χ3v) is 2.75. The number of nitro groups is 1. The maximum absolute atomic E-state index is 10.8. The minimum atomic E-state index is -0.934. The predicted molar refractivity (Wildman–Crippen MR) is 72.4 cm³/mol. The fraction of sp³-hybridized carbons (Fsp3) is 0.385. The molecule has 1 atom stereocenters. The van der Waals surface area contributed by atoms with Gasteiger partial charge in [0, 0.05) is 18.2 Å². The molecule has 106 valence electrons. The number of nitrogens with one attached hydrogen (secondary N) is 1. The van der Waals surface area contributed by atoms with Gasteiger partial charge in [0.15, 0.2) is 0 Å². The van der Waals surface area contributed by atoms with Crippen molar-refractivity contribution in [3.63, 3.8) is 0 Å². The average Bonchev–Trinajstić information content (AvgIpc) is 2.38. The summed E-state index contributed by atoms with van der Waals surface area (Å²) in [6.07, 6.45) is 1.35. The maximum atomic E-state index is 10.8. The SMILES string of the molecule is CCCC(CC(=O)O)Nc1ccc([N+](=O)[O-])cc1C#N. The number of carboxylic acid groups (broad SMARTS) is 1. The summed E-state index contributed by atoms with van der Waals surface area (Å²) in [4.78, 5) is 20.8. The molecule has 1 aromatic rings. The Kier molecular flexibility index (Phi) is 5.47. The molecular formula is C13H15N3O4. The number of nitriles is 1. The summed E-state index contributed by atoms with van der Waals surface area (Å²) in [5.41, 5.74) is 0.376. The Balaban J connectivity index is 2.97. The Morgan fingerprint density at radius 3 is 2.80 bits per heavy atom. The summed E-state index contributed by atoms with van der Waals surface area (Å²) in [5, 5.41) is 31.5. The molecule has 0 heterocycles. The molecule has 1 rings (SSSR count). The molecule has 1 aromatic carbocycles. The number of benzene rings is 1. The van der Waals surface area contributed by atoms with Crippen LogP contribution < -0.4 is 5.32 Å². The predicted octanol–water partition coefficient (Wildman–Crippen LogP) is 2.52. The average molecular weight is 277 g/mol. The zero-order valence-corrected chi connectivity index (χ0v) is 11.0. The number of non-ortho nitro benzene ring substituents is 1. The van der Waals surface area contributed by atoms with Crippen LogP contribution >= 0.6 is 0 Å². The molecule has 0 spiro atoms. The maximum Gasteiger partial charge on any atom is 0.305 e. The van der Waals surface area contributed by atoms with Crippen LogP contribution in [-0.2, 0) is 4.79 Å². The molecule has 0 saturated heterocycles. The first-order valence-electron chi connectivity index (χ1n) is 6.14. The highest BCUT2D eigenvalue weighted by atomic mass is 16.6. The van der Waals surface area contributed by atoms with Gasteiger partial charge in [-0.1, -0.05) is 13.3 Å². The number of nitro benzene ring substituents is 1. The summed E-state index contributed by atoms with van der Waals surface area (Å²) in [6.45, 7) is 1.93. The van der Waals surface area contributed by atoms with E-state index in [0.29, 0.717) is 12.1 Å². The van der Waals surface area contributed by atoms with Crippen molar-refractivity contribution < 1.29 is 14.8 Å². The molecule has 20 heavy (non-hydrogen) atoms. The lowest BCUT2D eigenvalue weighted by Gasteiger charge is -2.18. The minimum absolute atomic E-state index is 0.0737. The number of rotatable bonds is 7. The molecule has 7 nitrogen and oxygen atoms in total. The summed E-state index contributed by atoms with van der Waals surface area (Å²) in [5.74, 6) is -0.934. The highest BCUT2D eigenvalue weighted by molar-refractivity contribution is 5.69.